The number of methoxy groups -OCH3 is 2. The van der Waals surface area contributed by atoms with Gasteiger partial charge in [-0.05, 0) is 42.3 Å². The number of urea groups is 1. The molecule has 3 amide bonds. The number of nitrogens with zero attached hydrogens (tertiary/aromatic N) is 2. The number of carbonyl (C=O) groups is 3. The van der Waals surface area contributed by atoms with E-state index in [1.54, 1.807) is 18.2 Å². The predicted molar refractivity (Wildman–Crippen MR) is 115 cm³/mol. The first-order valence-corrected chi connectivity index (χ1v) is 9.75. The number of imide groups is 1. The first kappa shape index (κ1) is 23.1. The van der Waals surface area contributed by atoms with Crippen molar-refractivity contribution in [1.29, 1.82) is 5.26 Å². The Balaban J connectivity index is 1.87. The van der Waals surface area contributed by atoms with Gasteiger partial charge in [-0.15, -0.1) is 6.58 Å². The van der Waals surface area contributed by atoms with E-state index in [1.165, 1.54) is 32.4 Å². The topological polar surface area (TPSA) is 131 Å². The first-order chi connectivity index (χ1) is 15.9. The molecule has 1 aromatic heterocycles. The van der Waals surface area contributed by atoms with E-state index >= 15 is 0 Å². The minimum atomic E-state index is -0.662. The maximum atomic E-state index is 12.8. The summed E-state index contributed by atoms with van der Waals surface area (Å²) >= 11 is 0. The monoisotopic (exact) mass is 451 g/mol. The van der Waals surface area contributed by atoms with Crippen molar-refractivity contribution in [3.8, 4) is 17.6 Å². The lowest BCUT2D eigenvalue weighted by atomic mass is 10.0. The molecule has 33 heavy (non-hydrogen) atoms. The van der Waals surface area contributed by atoms with E-state index in [2.05, 4.69) is 16.6 Å². The van der Waals surface area contributed by atoms with Crippen molar-refractivity contribution in [2.24, 2.45) is 0 Å². The van der Waals surface area contributed by atoms with Crippen molar-refractivity contribution in [3.63, 3.8) is 0 Å². The van der Waals surface area contributed by atoms with Gasteiger partial charge in [0.2, 0.25) is 5.76 Å². The molecule has 2 heterocycles. The molecule has 2 aromatic rings. The Kier molecular flexibility index (Phi) is 7.15. The fourth-order valence-corrected chi connectivity index (χ4v) is 3.20. The van der Waals surface area contributed by atoms with Gasteiger partial charge in [0.25, 0.3) is 5.91 Å². The molecule has 1 aliphatic heterocycles. The zero-order valence-electron chi connectivity index (χ0n) is 18.0. The standard InChI is InChI=1S/C23H21N3O7/c1-4-5-15-10-14(12-19(30-2)20(15)32-9-8-24)11-17-21(27)26(23(29)25-17)13-16-6-7-18(33-16)22(28)31-3/h4,6-7,10-12H,1,5,9,13H2,2-3H3,(H,25,29). The second-order valence-electron chi connectivity index (χ2n) is 6.79. The maximum absolute atomic E-state index is 12.8. The van der Waals surface area contributed by atoms with Crippen molar-refractivity contribution in [2.75, 3.05) is 20.8 Å². The predicted octanol–water partition coefficient (Wildman–Crippen LogP) is 2.80. The summed E-state index contributed by atoms with van der Waals surface area (Å²) in [4.78, 5) is 37.7. The molecule has 10 nitrogen and oxygen atoms in total. The van der Waals surface area contributed by atoms with Crippen LogP contribution in [0.15, 0.2) is 47.0 Å². The van der Waals surface area contributed by atoms with Crippen LogP contribution in [-0.4, -0.2) is 43.6 Å². The van der Waals surface area contributed by atoms with Gasteiger partial charge in [0.15, 0.2) is 18.1 Å². The number of carbonyl (C=O) groups excluding carboxylic acids is 3. The molecule has 1 saturated heterocycles. The molecule has 0 radical (unpaired) electrons. The fraction of sp³-hybridized carbons (Fsp3) is 0.217. The van der Waals surface area contributed by atoms with Crippen LogP contribution >= 0.6 is 0 Å². The molecule has 1 aliphatic rings. The Hall–Kier alpha value is -4.52. The third kappa shape index (κ3) is 5.04. The molecule has 0 atom stereocenters. The maximum Gasteiger partial charge on any atom is 0.373 e. The highest BCUT2D eigenvalue weighted by Gasteiger charge is 2.34. The van der Waals surface area contributed by atoms with Gasteiger partial charge < -0.3 is 23.9 Å². The number of rotatable bonds is 9. The van der Waals surface area contributed by atoms with E-state index in [4.69, 9.17) is 19.2 Å². The number of nitriles is 1. The summed E-state index contributed by atoms with van der Waals surface area (Å²) in [6, 6.07) is 7.55. The lowest BCUT2D eigenvalue weighted by molar-refractivity contribution is -0.123. The highest BCUT2D eigenvalue weighted by Crippen LogP contribution is 2.34. The number of furan rings is 1. The molecular formula is C23H21N3O7. The van der Waals surface area contributed by atoms with E-state index in [9.17, 15) is 14.4 Å². The van der Waals surface area contributed by atoms with Crippen LogP contribution in [0, 0.1) is 11.3 Å². The molecule has 3 rings (SSSR count). The number of hydrogen-bond donors (Lipinski definition) is 1. The van der Waals surface area contributed by atoms with E-state index < -0.39 is 17.9 Å². The molecule has 1 fully saturated rings. The number of hydrogen-bond acceptors (Lipinski definition) is 8. The molecule has 0 unspecified atom stereocenters. The lowest BCUT2D eigenvalue weighted by Crippen LogP contribution is -2.30. The zero-order valence-corrected chi connectivity index (χ0v) is 18.0. The third-order valence-corrected chi connectivity index (χ3v) is 4.65. The van der Waals surface area contributed by atoms with Crippen LogP contribution in [0.25, 0.3) is 6.08 Å². The van der Waals surface area contributed by atoms with Crippen LogP contribution in [0.1, 0.15) is 27.4 Å². The number of ether oxygens (including phenoxy) is 3. The number of allylic oxidation sites excluding steroid dienone is 1. The Bertz CT molecular complexity index is 1170. The van der Waals surface area contributed by atoms with E-state index in [0.29, 0.717) is 29.0 Å². The average molecular weight is 451 g/mol. The highest BCUT2D eigenvalue weighted by atomic mass is 16.5. The summed E-state index contributed by atoms with van der Waals surface area (Å²) in [5, 5.41) is 11.4. The minimum Gasteiger partial charge on any atom is -0.493 e. The van der Waals surface area contributed by atoms with Crippen LogP contribution in [0.2, 0.25) is 0 Å². The number of benzene rings is 1. The quantitative estimate of drug-likeness (QED) is 0.266. The number of nitrogens with one attached hydrogen (secondary N) is 1. The van der Waals surface area contributed by atoms with Crippen LogP contribution < -0.4 is 14.8 Å². The molecule has 10 heteroatoms. The SMILES string of the molecule is C=CCc1cc(C=C2NC(=O)N(Cc3ccc(C(=O)OC)o3)C2=O)cc(OC)c1OCC#N. The molecule has 0 saturated carbocycles. The lowest BCUT2D eigenvalue weighted by Gasteiger charge is -2.14. The van der Waals surface area contributed by atoms with Crippen molar-refractivity contribution >= 4 is 24.0 Å². The highest BCUT2D eigenvalue weighted by molar-refractivity contribution is 6.13. The van der Waals surface area contributed by atoms with Crippen LogP contribution in [-0.2, 0) is 22.5 Å². The summed E-state index contributed by atoms with van der Waals surface area (Å²) in [6.07, 6.45) is 3.61. The van der Waals surface area contributed by atoms with Crippen molar-refractivity contribution < 1.29 is 33.0 Å². The van der Waals surface area contributed by atoms with Gasteiger partial charge in [-0.2, -0.15) is 5.26 Å². The second kappa shape index (κ2) is 10.2. The Labute approximate surface area is 189 Å². The fourth-order valence-electron chi connectivity index (χ4n) is 3.20. The van der Waals surface area contributed by atoms with Gasteiger partial charge in [0, 0.05) is 5.56 Å². The summed E-state index contributed by atoms with van der Waals surface area (Å²) in [6.45, 7) is 3.40. The van der Waals surface area contributed by atoms with E-state index in [0.717, 1.165) is 4.90 Å². The van der Waals surface area contributed by atoms with Crippen LogP contribution in [0.4, 0.5) is 4.79 Å². The molecule has 1 N–H and O–H groups in total. The molecule has 0 aliphatic carbocycles. The largest absolute Gasteiger partial charge is 0.493 e. The Morgan fingerprint density at radius 1 is 1.30 bits per heavy atom. The molecule has 0 spiro atoms. The third-order valence-electron chi connectivity index (χ3n) is 4.65. The van der Waals surface area contributed by atoms with Crippen molar-refractivity contribution in [3.05, 3.63) is 65.3 Å². The van der Waals surface area contributed by atoms with E-state index in [1.807, 2.05) is 6.07 Å². The molecule has 0 bridgehead atoms. The normalized spacial score (nSPS) is 14.1. The van der Waals surface area contributed by atoms with Gasteiger partial charge in [-0.1, -0.05) is 6.08 Å². The van der Waals surface area contributed by atoms with Gasteiger partial charge in [-0.25, -0.2) is 9.59 Å². The smallest absolute Gasteiger partial charge is 0.373 e. The molecular weight excluding hydrogens is 430 g/mol. The summed E-state index contributed by atoms with van der Waals surface area (Å²) in [5.74, 6) is -0.236. The van der Waals surface area contributed by atoms with Crippen molar-refractivity contribution in [2.45, 2.75) is 13.0 Å². The molecule has 1 aromatic carbocycles. The summed E-state index contributed by atoms with van der Waals surface area (Å²) < 4.78 is 20.8. The summed E-state index contributed by atoms with van der Waals surface area (Å²) in [7, 11) is 2.68. The summed E-state index contributed by atoms with van der Waals surface area (Å²) in [5.41, 5.74) is 1.33. The van der Waals surface area contributed by atoms with E-state index in [-0.39, 0.29) is 30.4 Å². The minimum absolute atomic E-state index is 0.0316. The van der Waals surface area contributed by atoms with Gasteiger partial charge in [0.1, 0.15) is 17.5 Å². The average Bonchev–Trinajstić information content (AvgIpc) is 3.38. The first-order valence-electron chi connectivity index (χ1n) is 9.75. The number of esters is 1. The Morgan fingerprint density at radius 3 is 2.76 bits per heavy atom. The van der Waals surface area contributed by atoms with Gasteiger partial charge >= 0.3 is 12.0 Å². The number of amides is 3. The molecule has 170 valence electrons. The second-order valence-corrected chi connectivity index (χ2v) is 6.79. The van der Waals surface area contributed by atoms with Gasteiger partial charge in [-0.3, -0.25) is 9.69 Å². The zero-order chi connectivity index (χ0) is 24.0. The van der Waals surface area contributed by atoms with Crippen LogP contribution in [0.5, 0.6) is 11.5 Å². The van der Waals surface area contributed by atoms with Crippen molar-refractivity contribution in [1.82, 2.24) is 10.2 Å². The van der Waals surface area contributed by atoms with Gasteiger partial charge in [0.05, 0.1) is 20.8 Å². The van der Waals surface area contributed by atoms with Crippen LogP contribution in [0.3, 0.4) is 0 Å². The Morgan fingerprint density at radius 2 is 2.09 bits per heavy atom.